The summed E-state index contributed by atoms with van der Waals surface area (Å²) in [6, 6.07) is 9.79. The standard InChI is InChI=1S/C14H18N2OS/c1-3-11(2)16-14(17)10-18-9-13-6-4-12(8-15)5-7-13/h4-7,11H,3,9-10H2,1-2H3,(H,16,17). The molecule has 0 radical (unpaired) electrons. The van der Waals surface area contributed by atoms with Crippen molar-refractivity contribution >= 4 is 17.7 Å². The van der Waals surface area contributed by atoms with Crippen LogP contribution in [0.3, 0.4) is 0 Å². The van der Waals surface area contributed by atoms with Crippen LogP contribution < -0.4 is 5.32 Å². The molecule has 0 aliphatic rings. The summed E-state index contributed by atoms with van der Waals surface area (Å²) in [6.45, 7) is 4.05. The van der Waals surface area contributed by atoms with E-state index >= 15 is 0 Å². The minimum absolute atomic E-state index is 0.0861. The lowest BCUT2D eigenvalue weighted by molar-refractivity contribution is -0.119. The fourth-order valence-corrected chi connectivity index (χ4v) is 2.15. The number of amides is 1. The van der Waals surface area contributed by atoms with Crippen LogP contribution in [0.4, 0.5) is 0 Å². The molecular weight excluding hydrogens is 244 g/mol. The molecule has 0 heterocycles. The number of nitriles is 1. The molecule has 96 valence electrons. The van der Waals surface area contributed by atoms with E-state index in [9.17, 15) is 4.79 Å². The van der Waals surface area contributed by atoms with Gasteiger partial charge in [-0.05, 0) is 31.0 Å². The van der Waals surface area contributed by atoms with Crippen LogP contribution in [0, 0.1) is 11.3 Å². The van der Waals surface area contributed by atoms with Crippen LogP contribution in [0.1, 0.15) is 31.4 Å². The van der Waals surface area contributed by atoms with E-state index in [0.29, 0.717) is 11.3 Å². The van der Waals surface area contributed by atoms with Crippen LogP contribution >= 0.6 is 11.8 Å². The highest BCUT2D eigenvalue weighted by atomic mass is 32.2. The molecule has 1 aromatic rings. The van der Waals surface area contributed by atoms with Gasteiger partial charge in [0.1, 0.15) is 0 Å². The van der Waals surface area contributed by atoms with Gasteiger partial charge in [0.25, 0.3) is 0 Å². The molecule has 0 aromatic heterocycles. The topological polar surface area (TPSA) is 52.9 Å². The first-order valence-electron chi connectivity index (χ1n) is 6.01. The Morgan fingerprint density at radius 3 is 2.67 bits per heavy atom. The van der Waals surface area contributed by atoms with Gasteiger partial charge in [0.05, 0.1) is 17.4 Å². The zero-order valence-corrected chi connectivity index (χ0v) is 11.6. The molecule has 0 bridgehead atoms. The minimum Gasteiger partial charge on any atom is -0.353 e. The second kappa shape index (κ2) is 7.78. The Morgan fingerprint density at radius 2 is 2.11 bits per heavy atom. The number of carbonyl (C=O) groups is 1. The van der Waals surface area contributed by atoms with Crippen LogP contribution in [0.25, 0.3) is 0 Å². The summed E-state index contributed by atoms with van der Waals surface area (Å²) in [5.41, 5.74) is 1.80. The van der Waals surface area contributed by atoms with Crippen LogP contribution in [0.15, 0.2) is 24.3 Å². The summed E-state index contributed by atoms with van der Waals surface area (Å²) in [5.74, 6) is 1.35. The molecule has 1 aromatic carbocycles. The first-order valence-corrected chi connectivity index (χ1v) is 7.17. The largest absolute Gasteiger partial charge is 0.353 e. The summed E-state index contributed by atoms with van der Waals surface area (Å²) in [7, 11) is 0. The number of hydrogen-bond donors (Lipinski definition) is 1. The molecule has 0 spiro atoms. The van der Waals surface area contributed by atoms with Gasteiger partial charge in [0, 0.05) is 11.8 Å². The monoisotopic (exact) mass is 262 g/mol. The molecule has 4 heteroatoms. The lowest BCUT2D eigenvalue weighted by Gasteiger charge is -2.10. The van der Waals surface area contributed by atoms with Crippen molar-refractivity contribution in [3.05, 3.63) is 35.4 Å². The van der Waals surface area contributed by atoms with Gasteiger partial charge in [-0.2, -0.15) is 5.26 Å². The fraction of sp³-hybridized carbons (Fsp3) is 0.429. The Bertz CT molecular complexity index is 422. The normalized spacial score (nSPS) is 11.6. The van der Waals surface area contributed by atoms with Crippen molar-refractivity contribution in [1.82, 2.24) is 5.32 Å². The summed E-state index contributed by atoms with van der Waals surface area (Å²) >= 11 is 1.59. The maximum Gasteiger partial charge on any atom is 0.230 e. The molecule has 0 saturated heterocycles. The molecule has 1 amide bonds. The van der Waals surface area contributed by atoms with Gasteiger partial charge in [-0.15, -0.1) is 11.8 Å². The number of thioether (sulfide) groups is 1. The molecule has 0 fully saturated rings. The van der Waals surface area contributed by atoms with Gasteiger partial charge in [-0.3, -0.25) is 4.79 Å². The molecule has 0 aliphatic heterocycles. The Morgan fingerprint density at radius 1 is 1.44 bits per heavy atom. The van der Waals surface area contributed by atoms with E-state index in [4.69, 9.17) is 5.26 Å². The third kappa shape index (κ3) is 5.24. The highest BCUT2D eigenvalue weighted by molar-refractivity contribution is 7.99. The first kappa shape index (κ1) is 14.6. The van der Waals surface area contributed by atoms with Gasteiger partial charge < -0.3 is 5.32 Å². The van der Waals surface area contributed by atoms with Gasteiger partial charge in [0.15, 0.2) is 0 Å². The first-order chi connectivity index (χ1) is 8.65. The highest BCUT2D eigenvalue weighted by Gasteiger charge is 2.05. The van der Waals surface area contributed by atoms with E-state index in [2.05, 4.69) is 18.3 Å². The maximum atomic E-state index is 11.5. The van der Waals surface area contributed by atoms with Crippen molar-refractivity contribution in [2.75, 3.05) is 5.75 Å². The van der Waals surface area contributed by atoms with Crippen molar-refractivity contribution in [2.45, 2.75) is 32.1 Å². The lowest BCUT2D eigenvalue weighted by Crippen LogP contribution is -2.33. The van der Waals surface area contributed by atoms with E-state index in [1.807, 2.05) is 19.1 Å². The van der Waals surface area contributed by atoms with Crippen molar-refractivity contribution in [2.24, 2.45) is 0 Å². The van der Waals surface area contributed by atoms with Crippen LogP contribution in [0.2, 0.25) is 0 Å². The second-order valence-electron chi connectivity index (χ2n) is 4.18. The average molecular weight is 262 g/mol. The summed E-state index contributed by atoms with van der Waals surface area (Å²) < 4.78 is 0. The smallest absolute Gasteiger partial charge is 0.230 e. The van der Waals surface area contributed by atoms with Crippen LogP contribution in [-0.2, 0) is 10.5 Å². The van der Waals surface area contributed by atoms with E-state index in [0.717, 1.165) is 17.7 Å². The second-order valence-corrected chi connectivity index (χ2v) is 5.16. The average Bonchev–Trinajstić information content (AvgIpc) is 2.39. The fourth-order valence-electron chi connectivity index (χ4n) is 1.36. The number of hydrogen-bond acceptors (Lipinski definition) is 3. The summed E-state index contributed by atoms with van der Waals surface area (Å²) in [5, 5.41) is 11.6. The molecule has 1 atom stereocenters. The van der Waals surface area contributed by atoms with Crippen LogP contribution in [0.5, 0.6) is 0 Å². The lowest BCUT2D eigenvalue weighted by atomic mass is 10.2. The molecule has 1 N–H and O–H groups in total. The number of nitrogens with zero attached hydrogens (tertiary/aromatic N) is 1. The van der Waals surface area contributed by atoms with Crippen molar-refractivity contribution in [3.8, 4) is 6.07 Å². The molecule has 0 saturated carbocycles. The summed E-state index contributed by atoms with van der Waals surface area (Å²) in [4.78, 5) is 11.5. The molecule has 18 heavy (non-hydrogen) atoms. The van der Waals surface area contributed by atoms with E-state index in [1.54, 1.807) is 23.9 Å². The molecular formula is C14H18N2OS. The number of carbonyl (C=O) groups excluding carboxylic acids is 1. The predicted molar refractivity (Wildman–Crippen MR) is 75.2 cm³/mol. The minimum atomic E-state index is 0.0861. The van der Waals surface area contributed by atoms with E-state index < -0.39 is 0 Å². The van der Waals surface area contributed by atoms with Crippen molar-refractivity contribution in [1.29, 1.82) is 5.26 Å². The Balaban J connectivity index is 2.29. The molecule has 0 aliphatic carbocycles. The SMILES string of the molecule is CCC(C)NC(=O)CSCc1ccc(C#N)cc1. The third-order valence-electron chi connectivity index (χ3n) is 2.60. The molecule has 3 nitrogen and oxygen atoms in total. The van der Waals surface area contributed by atoms with Gasteiger partial charge in [-0.1, -0.05) is 19.1 Å². The predicted octanol–water partition coefficient (Wildman–Crippen LogP) is 2.71. The zero-order chi connectivity index (χ0) is 13.4. The van der Waals surface area contributed by atoms with Gasteiger partial charge in [-0.25, -0.2) is 0 Å². The quantitative estimate of drug-likeness (QED) is 0.857. The van der Waals surface area contributed by atoms with Gasteiger partial charge in [0.2, 0.25) is 5.91 Å². The highest BCUT2D eigenvalue weighted by Crippen LogP contribution is 2.12. The Labute approximate surface area is 113 Å². The van der Waals surface area contributed by atoms with E-state index in [-0.39, 0.29) is 11.9 Å². The number of nitrogens with one attached hydrogen (secondary N) is 1. The van der Waals surface area contributed by atoms with Crippen molar-refractivity contribution < 1.29 is 4.79 Å². The Hall–Kier alpha value is -1.47. The zero-order valence-electron chi connectivity index (χ0n) is 10.8. The molecule has 1 unspecified atom stereocenters. The third-order valence-corrected chi connectivity index (χ3v) is 3.61. The maximum absolute atomic E-state index is 11.5. The number of benzene rings is 1. The van der Waals surface area contributed by atoms with E-state index in [1.165, 1.54) is 0 Å². The molecule has 1 rings (SSSR count). The summed E-state index contributed by atoms with van der Waals surface area (Å²) in [6.07, 6.45) is 0.950. The Kier molecular flexibility index (Phi) is 6.31. The number of rotatable bonds is 6. The van der Waals surface area contributed by atoms with Crippen LogP contribution in [-0.4, -0.2) is 17.7 Å². The van der Waals surface area contributed by atoms with Crippen molar-refractivity contribution in [3.63, 3.8) is 0 Å². The van der Waals surface area contributed by atoms with Gasteiger partial charge >= 0.3 is 0 Å².